The maximum absolute atomic E-state index is 13.4. The molecule has 1 saturated heterocycles. The third-order valence-electron chi connectivity index (χ3n) is 5.11. The van der Waals surface area contributed by atoms with Crippen molar-refractivity contribution >= 4 is 16.7 Å². The molecule has 1 aromatic carbocycles. The lowest BCUT2D eigenvalue weighted by Crippen LogP contribution is -2.27. The van der Waals surface area contributed by atoms with Gasteiger partial charge in [-0.25, -0.2) is 4.98 Å². The largest absolute Gasteiger partial charge is 0.497 e. The summed E-state index contributed by atoms with van der Waals surface area (Å²) in [6.07, 6.45) is 5.28. The molecule has 8 nitrogen and oxygen atoms in total. The molecule has 0 aliphatic carbocycles. The second-order valence-corrected chi connectivity index (χ2v) is 6.83. The van der Waals surface area contributed by atoms with Gasteiger partial charge in [0.2, 0.25) is 0 Å². The summed E-state index contributed by atoms with van der Waals surface area (Å²) in [7, 11) is 1.61. The fourth-order valence-corrected chi connectivity index (χ4v) is 3.75. The predicted octanol–water partition coefficient (Wildman–Crippen LogP) is 2.29. The standard InChI is InChI=1S/C20H19N5O3/c1-27-14-5-2-4-13(10-14)18-17-16(23-20-21-12-22-25(18)20)7-8-24(19(17)26)11-15-6-3-9-28-15/h2,4-5,7-8,10,12,15H,3,6,9,11H2,1H3/t15-/m1/s1. The van der Waals surface area contributed by atoms with Gasteiger partial charge in [-0.05, 0) is 31.0 Å². The van der Waals surface area contributed by atoms with E-state index in [1.807, 2.05) is 30.3 Å². The molecule has 0 N–H and O–H groups in total. The van der Waals surface area contributed by atoms with Gasteiger partial charge in [0.25, 0.3) is 11.3 Å². The Morgan fingerprint density at radius 2 is 2.25 bits per heavy atom. The predicted molar refractivity (Wildman–Crippen MR) is 104 cm³/mol. The number of nitrogens with zero attached hydrogens (tertiary/aromatic N) is 5. The Labute approximate surface area is 160 Å². The lowest BCUT2D eigenvalue weighted by atomic mass is 10.1. The van der Waals surface area contributed by atoms with Crippen LogP contribution in [0.15, 0.2) is 47.7 Å². The highest BCUT2D eigenvalue weighted by molar-refractivity contribution is 5.93. The Bertz CT molecular complexity index is 1220. The van der Waals surface area contributed by atoms with E-state index < -0.39 is 0 Å². The van der Waals surface area contributed by atoms with E-state index in [1.54, 1.807) is 22.4 Å². The van der Waals surface area contributed by atoms with Crippen LogP contribution in [0.1, 0.15) is 12.8 Å². The Morgan fingerprint density at radius 1 is 1.32 bits per heavy atom. The zero-order valence-electron chi connectivity index (χ0n) is 15.4. The molecule has 28 heavy (non-hydrogen) atoms. The van der Waals surface area contributed by atoms with Crippen LogP contribution in [-0.4, -0.2) is 44.0 Å². The maximum atomic E-state index is 13.4. The van der Waals surface area contributed by atoms with Gasteiger partial charge in [-0.2, -0.15) is 14.6 Å². The van der Waals surface area contributed by atoms with E-state index in [0.29, 0.717) is 34.7 Å². The minimum Gasteiger partial charge on any atom is -0.497 e. The van der Waals surface area contributed by atoms with E-state index in [1.165, 1.54) is 6.33 Å². The molecule has 0 amide bonds. The first-order valence-corrected chi connectivity index (χ1v) is 9.23. The van der Waals surface area contributed by atoms with Crippen molar-refractivity contribution in [1.82, 2.24) is 24.1 Å². The van der Waals surface area contributed by atoms with Crippen LogP contribution in [0, 0.1) is 0 Å². The number of benzene rings is 1. The molecule has 0 saturated carbocycles. The van der Waals surface area contributed by atoms with Gasteiger partial charge in [0, 0.05) is 18.4 Å². The molecule has 0 radical (unpaired) electrons. The average molecular weight is 377 g/mol. The minimum atomic E-state index is -0.115. The van der Waals surface area contributed by atoms with Crippen LogP contribution < -0.4 is 10.3 Å². The van der Waals surface area contributed by atoms with Crippen molar-refractivity contribution in [2.75, 3.05) is 13.7 Å². The van der Waals surface area contributed by atoms with E-state index in [2.05, 4.69) is 15.1 Å². The summed E-state index contributed by atoms with van der Waals surface area (Å²) >= 11 is 0. The zero-order valence-corrected chi connectivity index (χ0v) is 15.4. The first kappa shape index (κ1) is 16.9. The molecule has 5 rings (SSSR count). The van der Waals surface area contributed by atoms with E-state index in [9.17, 15) is 4.79 Å². The molecule has 1 aliphatic heterocycles. The molecule has 0 bridgehead atoms. The van der Waals surface area contributed by atoms with Gasteiger partial charge in [0.05, 0.1) is 36.4 Å². The number of ether oxygens (including phenoxy) is 2. The van der Waals surface area contributed by atoms with E-state index in [-0.39, 0.29) is 11.7 Å². The topological polar surface area (TPSA) is 83.5 Å². The summed E-state index contributed by atoms with van der Waals surface area (Å²) in [5, 5.41) is 4.81. The molecule has 1 atom stereocenters. The van der Waals surface area contributed by atoms with Crippen LogP contribution in [-0.2, 0) is 11.3 Å². The second kappa shape index (κ2) is 6.72. The first-order valence-electron chi connectivity index (χ1n) is 9.23. The highest BCUT2D eigenvalue weighted by Gasteiger charge is 2.20. The van der Waals surface area contributed by atoms with Crippen molar-refractivity contribution in [2.45, 2.75) is 25.5 Å². The van der Waals surface area contributed by atoms with Crippen LogP contribution in [0.3, 0.4) is 0 Å². The summed E-state index contributed by atoms with van der Waals surface area (Å²) in [4.78, 5) is 22.1. The molecule has 0 spiro atoms. The van der Waals surface area contributed by atoms with Gasteiger partial charge >= 0.3 is 0 Å². The quantitative estimate of drug-likeness (QED) is 0.543. The van der Waals surface area contributed by atoms with Crippen LogP contribution in [0.2, 0.25) is 0 Å². The first-order chi connectivity index (χ1) is 13.7. The molecule has 1 fully saturated rings. The van der Waals surface area contributed by atoms with Crippen LogP contribution in [0.5, 0.6) is 5.75 Å². The molecule has 0 unspecified atom stereocenters. The number of pyridine rings is 1. The number of hydrogen-bond donors (Lipinski definition) is 0. The maximum Gasteiger partial charge on any atom is 0.262 e. The van der Waals surface area contributed by atoms with Gasteiger partial charge in [-0.15, -0.1) is 0 Å². The fraction of sp³-hybridized carbons (Fsp3) is 0.300. The van der Waals surface area contributed by atoms with E-state index in [0.717, 1.165) is 25.0 Å². The lowest BCUT2D eigenvalue weighted by molar-refractivity contribution is 0.0963. The lowest BCUT2D eigenvalue weighted by Gasteiger charge is -2.14. The van der Waals surface area contributed by atoms with Gasteiger partial charge in [-0.3, -0.25) is 4.79 Å². The number of methoxy groups -OCH3 is 1. The Morgan fingerprint density at radius 3 is 3.07 bits per heavy atom. The molecule has 1 aliphatic rings. The summed E-state index contributed by atoms with van der Waals surface area (Å²) in [6, 6.07) is 9.41. The summed E-state index contributed by atoms with van der Waals surface area (Å²) < 4.78 is 14.4. The van der Waals surface area contributed by atoms with E-state index in [4.69, 9.17) is 9.47 Å². The Kier molecular flexibility index (Phi) is 4.05. The number of hydrogen-bond acceptors (Lipinski definition) is 6. The normalized spacial score (nSPS) is 16.8. The van der Waals surface area contributed by atoms with Crippen molar-refractivity contribution in [3.8, 4) is 17.0 Å². The zero-order chi connectivity index (χ0) is 19.1. The number of aromatic nitrogens is 5. The molecule has 4 heterocycles. The average Bonchev–Trinajstić information content (AvgIpc) is 3.40. The smallest absolute Gasteiger partial charge is 0.262 e. The summed E-state index contributed by atoms with van der Waals surface area (Å²) in [5.74, 6) is 1.15. The number of rotatable bonds is 4. The van der Waals surface area contributed by atoms with Crippen molar-refractivity contribution < 1.29 is 9.47 Å². The van der Waals surface area contributed by atoms with E-state index >= 15 is 0 Å². The second-order valence-electron chi connectivity index (χ2n) is 6.83. The van der Waals surface area contributed by atoms with Crippen molar-refractivity contribution in [3.63, 3.8) is 0 Å². The minimum absolute atomic E-state index is 0.0680. The highest BCUT2D eigenvalue weighted by Crippen LogP contribution is 2.28. The van der Waals surface area contributed by atoms with Crippen molar-refractivity contribution in [2.24, 2.45) is 0 Å². The molecular formula is C20H19N5O3. The third-order valence-corrected chi connectivity index (χ3v) is 5.11. The fourth-order valence-electron chi connectivity index (χ4n) is 3.75. The molecule has 3 aromatic heterocycles. The summed E-state index contributed by atoms with van der Waals surface area (Å²) in [6.45, 7) is 1.28. The molecule has 4 aromatic rings. The Hall–Kier alpha value is -3.26. The SMILES string of the molecule is COc1cccc(-c2c3c(=O)n(C[C@H]4CCCO4)ccc3nc3ncnn23)c1. The number of fused-ring (bicyclic) bond motifs is 2. The van der Waals surface area contributed by atoms with Gasteiger partial charge in [0.1, 0.15) is 12.1 Å². The highest BCUT2D eigenvalue weighted by atomic mass is 16.5. The monoisotopic (exact) mass is 377 g/mol. The van der Waals surface area contributed by atoms with Crippen molar-refractivity contribution in [3.05, 3.63) is 53.2 Å². The summed E-state index contributed by atoms with van der Waals surface area (Å²) in [5.41, 5.74) is 1.94. The van der Waals surface area contributed by atoms with Crippen LogP contribution in [0.25, 0.3) is 27.9 Å². The molecular weight excluding hydrogens is 358 g/mol. The molecule has 8 heteroatoms. The van der Waals surface area contributed by atoms with Crippen LogP contribution >= 0.6 is 0 Å². The van der Waals surface area contributed by atoms with Crippen LogP contribution in [0.4, 0.5) is 0 Å². The molecule has 142 valence electrons. The Balaban J connectivity index is 1.78. The van der Waals surface area contributed by atoms with Gasteiger partial charge in [0.15, 0.2) is 0 Å². The third kappa shape index (κ3) is 2.73. The van der Waals surface area contributed by atoms with Crippen molar-refractivity contribution in [1.29, 1.82) is 0 Å². The van der Waals surface area contributed by atoms with Gasteiger partial charge < -0.3 is 14.0 Å². The van der Waals surface area contributed by atoms with Gasteiger partial charge in [-0.1, -0.05) is 12.1 Å².